The number of nitrogens with zero attached hydrogens (tertiary/aromatic N) is 2. The number of nitrogens with one attached hydrogen (secondary N) is 2. The Morgan fingerprint density at radius 2 is 1.90 bits per heavy atom. The van der Waals surface area contributed by atoms with Gasteiger partial charge in [-0.3, -0.25) is 19.3 Å². The van der Waals surface area contributed by atoms with E-state index in [9.17, 15) is 23.6 Å². The number of hydrogen-bond acceptors (Lipinski definition) is 7. The molecule has 0 radical (unpaired) electrons. The maximum absolute atomic E-state index is 14.1. The van der Waals surface area contributed by atoms with Gasteiger partial charge in [-0.25, -0.2) is 9.18 Å². The van der Waals surface area contributed by atoms with Crippen molar-refractivity contribution >= 4 is 46.4 Å². The number of carbonyl (C=O) groups is 4. The van der Waals surface area contributed by atoms with Crippen LogP contribution in [0.3, 0.4) is 0 Å². The first-order valence-electron chi connectivity index (χ1n) is 13.8. The lowest BCUT2D eigenvalue weighted by Crippen LogP contribution is -2.59. The molecule has 1 aromatic heterocycles. The minimum absolute atomic E-state index is 0.202. The van der Waals surface area contributed by atoms with Gasteiger partial charge in [-0.15, -0.1) is 0 Å². The molecule has 2 aromatic rings. The number of halogens is 2. The van der Waals surface area contributed by atoms with E-state index >= 15 is 0 Å². The topological polar surface area (TPSA) is 130 Å². The normalized spacial score (nSPS) is 19.2. The third kappa shape index (κ3) is 7.71. The number of esters is 1. The number of likely N-dealkylation sites (N-methyl/N-ethyl adjacent to an activating group) is 1. The summed E-state index contributed by atoms with van der Waals surface area (Å²) >= 11 is 6.50. The summed E-state index contributed by atoms with van der Waals surface area (Å²) in [6, 6.07) is 1.53. The van der Waals surface area contributed by atoms with E-state index in [0.29, 0.717) is 22.9 Å². The Morgan fingerprint density at radius 3 is 2.50 bits per heavy atom. The molecule has 3 amide bonds. The second-order valence-corrected chi connectivity index (χ2v) is 11.9. The van der Waals surface area contributed by atoms with Crippen molar-refractivity contribution in [3.8, 4) is 0 Å². The molecule has 0 bridgehead atoms. The predicted molar refractivity (Wildman–Crippen MR) is 155 cm³/mol. The summed E-state index contributed by atoms with van der Waals surface area (Å²) in [7, 11) is 2.85. The lowest BCUT2D eigenvalue weighted by molar-refractivity contribution is -0.150. The molecular weight excluding hydrogens is 571 g/mol. The molecule has 1 aliphatic heterocycles. The van der Waals surface area contributed by atoms with Gasteiger partial charge in [0.25, 0.3) is 0 Å². The van der Waals surface area contributed by atoms with E-state index in [1.807, 2.05) is 0 Å². The van der Waals surface area contributed by atoms with Gasteiger partial charge in [-0.1, -0.05) is 11.6 Å². The zero-order valence-corrected chi connectivity index (χ0v) is 26.0. The number of aromatic nitrogens is 1. The fourth-order valence-electron chi connectivity index (χ4n) is 4.93. The van der Waals surface area contributed by atoms with Gasteiger partial charge in [-0.05, 0) is 58.4 Å². The van der Waals surface area contributed by atoms with Crippen LogP contribution < -0.4 is 5.32 Å². The summed E-state index contributed by atoms with van der Waals surface area (Å²) in [5, 5.41) is 3.70. The molecular formula is C29H40ClFN4O7. The van der Waals surface area contributed by atoms with E-state index in [4.69, 9.17) is 25.8 Å². The van der Waals surface area contributed by atoms with E-state index in [1.165, 1.54) is 40.1 Å². The molecule has 3 rings (SSSR count). The second kappa shape index (κ2) is 13.3. The summed E-state index contributed by atoms with van der Waals surface area (Å²) < 4.78 is 30.2. The minimum Gasteiger partial charge on any atom is -0.460 e. The van der Waals surface area contributed by atoms with Crippen molar-refractivity contribution in [3.05, 3.63) is 34.7 Å². The standard InChI is InChI=1S/C29H40ClFN4O7/c1-15(34(7)28(39)42-29(4,5)6)26(37)33-24(16(2)40-8)27(38)35-12-11-23(41-17(3)36)22(35)14-20-19-10-9-18(31)13-21(19)32-25(20)30/h9-10,13,15-16,22-24,32H,11-12,14H2,1-8H3,(H,33,37). The van der Waals surface area contributed by atoms with Crippen LogP contribution in [0.15, 0.2) is 18.2 Å². The fourth-order valence-corrected chi connectivity index (χ4v) is 5.21. The maximum atomic E-state index is 14.1. The van der Waals surface area contributed by atoms with E-state index in [2.05, 4.69) is 10.3 Å². The summed E-state index contributed by atoms with van der Waals surface area (Å²) in [5.41, 5.74) is 0.382. The Bertz CT molecular complexity index is 1330. The Kier molecular flexibility index (Phi) is 10.5. The number of amides is 3. The van der Waals surface area contributed by atoms with E-state index in [-0.39, 0.29) is 18.1 Å². The Labute approximate surface area is 250 Å². The predicted octanol–water partition coefficient (Wildman–Crippen LogP) is 3.81. The highest BCUT2D eigenvalue weighted by molar-refractivity contribution is 6.31. The van der Waals surface area contributed by atoms with Crippen molar-refractivity contribution in [2.24, 2.45) is 0 Å². The quantitative estimate of drug-likeness (QED) is 0.413. The number of hydrogen-bond donors (Lipinski definition) is 2. The number of carbonyl (C=O) groups excluding carboxylic acids is 4. The number of H-pyrrole nitrogens is 1. The first kappa shape index (κ1) is 33.1. The van der Waals surface area contributed by atoms with Crippen molar-refractivity contribution in [1.29, 1.82) is 0 Å². The highest BCUT2D eigenvalue weighted by atomic mass is 35.5. The Morgan fingerprint density at radius 1 is 1.24 bits per heavy atom. The van der Waals surface area contributed by atoms with Crippen LogP contribution in [-0.4, -0.2) is 95.3 Å². The molecule has 0 saturated carbocycles. The van der Waals surface area contributed by atoms with Crippen LogP contribution in [0.1, 0.15) is 53.5 Å². The molecule has 0 aliphatic carbocycles. The summed E-state index contributed by atoms with van der Waals surface area (Å²) in [6.45, 7) is 9.86. The van der Waals surface area contributed by atoms with Crippen LogP contribution in [0.4, 0.5) is 9.18 Å². The Hall–Kier alpha value is -3.38. The van der Waals surface area contributed by atoms with Crippen molar-refractivity contribution < 1.29 is 37.8 Å². The number of methoxy groups -OCH3 is 1. The molecule has 5 unspecified atom stereocenters. The van der Waals surface area contributed by atoms with Gasteiger partial charge >= 0.3 is 12.1 Å². The minimum atomic E-state index is -1.12. The maximum Gasteiger partial charge on any atom is 0.410 e. The number of likely N-dealkylation sites (tertiary alicyclic amines) is 1. The number of aromatic amines is 1. The van der Waals surface area contributed by atoms with Gasteiger partial charge in [0.05, 0.1) is 12.1 Å². The van der Waals surface area contributed by atoms with Crippen molar-refractivity contribution in [2.75, 3.05) is 20.7 Å². The van der Waals surface area contributed by atoms with Gasteiger partial charge in [0.2, 0.25) is 11.8 Å². The van der Waals surface area contributed by atoms with Crippen LogP contribution in [0.2, 0.25) is 5.15 Å². The van der Waals surface area contributed by atoms with Gasteiger partial charge in [0.15, 0.2) is 0 Å². The molecule has 1 fully saturated rings. The fraction of sp³-hybridized carbons (Fsp3) is 0.586. The van der Waals surface area contributed by atoms with Gasteiger partial charge < -0.3 is 29.4 Å². The SMILES string of the molecule is COC(C)C(NC(=O)C(C)N(C)C(=O)OC(C)(C)C)C(=O)N1CCC(OC(C)=O)C1Cc1c(Cl)[nH]c2cc(F)ccc12. The number of benzene rings is 1. The monoisotopic (exact) mass is 610 g/mol. The molecule has 1 saturated heterocycles. The molecule has 42 heavy (non-hydrogen) atoms. The Balaban J connectivity index is 1.88. The first-order valence-corrected chi connectivity index (χ1v) is 14.1. The number of rotatable bonds is 9. The van der Waals surface area contributed by atoms with Crippen molar-refractivity contribution in [2.45, 2.75) is 90.3 Å². The smallest absolute Gasteiger partial charge is 0.410 e. The highest BCUT2D eigenvalue weighted by Gasteiger charge is 2.44. The lowest BCUT2D eigenvalue weighted by Gasteiger charge is -2.34. The molecule has 5 atom stereocenters. The van der Waals surface area contributed by atoms with Crippen molar-refractivity contribution in [3.63, 3.8) is 0 Å². The molecule has 11 nitrogen and oxygen atoms in total. The van der Waals surface area contributed by atoms with E-state index in [0.717, 1.165) is 4.90 Å². The zero-order valence-electron chi connectivity index (χ0n) is 25.2. The molecule has 2 N–H and O–H groups in total. The summed E-state index contributed by atoms with van der Waals surface area (Å²) in [5.74, 6) is -1.97. The highest BCUT2D eigenvalue weighted by Crippen LogP contribution is 2.33. The van der Waals surface area contributed by atoms with Crippen molar-refractivity contribution in [1.82, 2.24) is 20.1 Å². The number of fused-ring (bicyclic) bond motifs is 1. The molecule has 2 heterocycles. The first-order chi connectivity index (χ1) is 19.5. The molecule has 1 aromatic carbocycles. The van der Waals surface area contributed by atoms with Gasteiger partial charge in [0.1, 0.15) is 34.8 Å². The molecule has 0 spiro atoms. The summed E-state index contributed by atoms with van der Waals surface area (Å²) in [4.78, 5) is 57.4. The average Bonchev–Trinajstić information content (AvgIpc) is 3.43. The summed E-state index contributed by atoms with van der Waals surface area (Å²) in [6.07, 6.45) is -1.50. The second-order valence-electron chi connectivity index (χ2n) is 11.5. The van der Waals surface area contributed by atoms with Gasteiger partial charge in [0, 0.05) is 51.4 Å². The number of ether oxygens (including phenoxy) is 3. The van der Waals surface area contributed by atoms with Crippen LogP contribution in [0.25, 0.3) is 10.9 Å². The molecule has 1 aliphatic rings. The van der Waals surface area contributed by atoms with Crippen LogP contribution >= 0.6 is 11.6 Å². The van der Waals surface area contributed by atoms with Gasteiger partial charge in [-0.2, -0.15) is 0 Å². The largest absolute Gasteiger partial charge is 0.460 e. The van der Waals surface area contributed by atoms with E-state index in [1.54, 1.807) is 38.7 Å². The lowest BCUT2D eigenvalue weighted by atomic mass is 10.00. The third-order valence-corrected chi connectivity index (χ3v) is 7.68. The molecule has 13 heteroatoms. The van der Waals surface area contributed by atoms with Crippen LogP contribution in [-0.2, 0) is 35.0 Å². The zero-order chi connectivity index (χ0) is 31.5. The van der Waals surface area contributed by atoms with Crippen LogP contribution in [0, 0.1) is 5.82 Å². The molecule has 232 valence electrons. The van der Waals surface area contributed by atoms with E-state index < -0.39 is 65.6 Å². The average molecular weight is 611 g/mol. The van der Waals surface area contributed by atoms with Crippen LogP contribution in [0.5, 0.6) is 0 Å². The third-order valence-electron chi connectivity index (χ3n) is 7.36.